The first-order valence-corrected chi connectivity index (χ1v) is 10.1. The van der Waals surface area contributed by atoms with E-state index in [0.717, 1.165) is 12.1 Å². The van der Waals surface area contributed by atoms with Crippen LogP contribution in [0.15, 0.2) is 41.8 Å². The molecule has 29 heavy (non-hydrogen) atoms. The molecule has 1 aliphatic heterocycles. The molecule has 1 fully saturated rings. The first kappa shape index (κ1) is 21.0. The third-order valence-corrected chi connectivity index (χ3v) is 6.23. The Morgan fingerprint density at radius 3 is 2.34 bits per heavy atom. The van der Waals surface area contributed by atoms with Gasteiger partial charge >= 0.3 is 11.9 Å². The second kappa shape index (κ2) is 7.94. The molecule has 3 atom stereocenters. The van der Waals surface area contributed by atoms with Crippen LogP contribution in [0.3, 0.4) is 0 Å². The Morgan fingerprint density at radius 1 is 1.21 bits per heavy atom. The Balaban J connectivity index is 2.21. The molecule has 2 N–H and O–H groups in total. The monoisotopic (exact) mass is 419 g/mol. The van der Waals surface area contributed by atoms with E-state index in [1.54, 1.807) is 17.5 Å². The van der Waals surface area contributed by atoms with Crippen molar-refractivity contribution in [2.24, 2.45) is 11.8 Å². The van der Waals surface area contributed by atoms with E-state index in [-0.39, 0.29) is 24.3 Å². The van der Waals surface area contributed by atoms with Crippen molar-refractivity contribution in [2.75, 3.05) is 0 Å². The Bertz CT molecular complexity index is 912. The van der Waals surface area contributed by atoms with E-state index in [0.29, 0.717) is 4.88 Å². The summed E-state index contributed by atoms with van der Waals surface area (Å²) < 4.78 is 13.4. The molecule has 0 saturated carbocycles. The lowest BCUT2D eigenvalue weighted by atomic mass is 9.83. The number of carbonyl (C=O) groups excluding carboxylic acids is 1. The minimum absolute atomic E-state index is 0.0915. The molecule has 1 amide bonds. The molecule has 0 aliphatic carbocycles. The molecule has 1 aromatic heterocycles. The normalized spacial score (nSPS) is 24.1. The number of carboxylic acids is 2. The van der Waals surface area contributed by atoms with Crippen molar-refractivity contribution < 1.29 is 29.0 Å². The van der Waals surface area contributed by atoms with Crippen LogP contribution < -0.4 is 0 Å². The number of likely N-dealkylation sites (tertiary alicyclic amines) is 1. The number of benzene rings is 1. The van der Waals surface area contributed by atoms with Gasteiger partial charge in [0.25, 0.3) is 5.91 Å². The first-order chi connectivity index (χ1) is 13.7. The smallest absolute Gasteiger partial charge is 0.329 e. The highest BCUT2D eigenvalue weighted by molar-refractivity contribution is 7.10. The third kappa shape index (κ3) is 3.76. The van der Waals surface area contributed by atoms with Crippen LogP contribution in [0.4, 0.5) is 4.39 Å². The lowest BCUT2D eigenvalue weighted by molar-refractivity contribution is -0.150. The molecule has 8 heteroatoms. The number of carbonyl (C=O) groups is 3. The number of rotatable bonds is 6. The minimum atomic E-state index is -1.67. The van der Waals surface area contributed by atoms with Gasteiger partial charge in [0.15, 0.2) is 0 Å². The third-order valence-electron chi connectivity index (χ3n) is 5.28. The summed E-state index contributed by atoms with van der Waals surface area (Å²) >= 11 is 1.28. The van der Waals surface area contributed by atoms with Crippen LogP contribution in [-0.2, 0) is 9.59 Å². The highest BCUT2D eigenvalue weighted by Gasteiger charge is 2.61. The van der Waals surface area contributed by atoms with E-state index in [9.17, 15) is 29.0 Å². The van der Waals surface area contributed by atoms with Gasteiger partial charge in [-0.1, -0.05) is 19.9 Å². The standard InChI is InChI=1S/C21H22FNO5S/c1-12(2)10-21(20(27)28)11-15(19(25)26)17(16-4-3-9-29-16)23(21)18(24)13-5-7-14(22)8-6-13/h3-9,12,15,17H,10-11H2,1-2H3,(H,25,26)(H,27,28). The average Bonchev–Trinajstić information content (AvgIpc) is 3.27. The molecule has 1 aromatic carbocycles. The fourth-order valence-corrected chi connectivity index (χ4v) is 5.09. The lowest BCUT2D eigenvalue weighted by Gasteiger charge is -2.39. The molecule has 1 saturated heterocycles. The zero-order valence-corrected chi connectivity index (χ0v) is 16.9. The molecule has 3 unspecified atom stereocenters. The summed E-state index contributed by atoms with van der Waals surface area (Å²) in [6.07, 6.45) is -0.0771. The predicted octanol–water partition coefficient (Wildman–Crippen LogP) is 4.04. The van der Waals surface area contributed by atoms with Gasteiger partial charge in [0.05, 0.1) is 12.0 Å². The second-order valence-corrected chi connectivity index (χ2v) is 8.71. The number of hydrogen-bond acceptors (Lipinski definition) is 4. The summed E-state index contributed by atoms with van der Waals surface area (Å²) in [7, 11) is 0. The Hall–Kier alpha value is -2.74. The van der Waals surface area contributed by atoms with Crippen LogP contribution in [0.25, 0.3) is 0 Å². The minimum Gasteiger partial charge on any atom is -0.481 e. The van der Waals surface area contributed by atoms with Gasteiger partial charge in [-0.3, -0.25) is 9.59 Å². The van der Waals surface area contributed by atoms with Crippen molar-refractivity contribution in [3.05, 3.63) is 58.0 Å². The zero-order chi connectivity index (χ0) is 21.3. The molecular formula is C21H22FNO5S. The second-order valence-electron chi connectivity index (χ2n) is 7.73. The maximum atomic E-state index is 13.5. The van der Waals surface area contributed by atoms with E-state index in [2.05, 4.69) is 0 Å². The molecule has 3 rings (SSSR count). The lowest BCUT2D eigenvalue weighted by Crippen LogP contribution is -2.54. The average molecular weight is 419 g/mol. The maximum absolute atomic E-state index is 13.5. The van der Waals surface area contributed by atoms with Gasteiger partial charge in [-0.2, -0.15) is 0 Å². The summed E-state index contributed by atoms with van der Waals surface area (Å²) in [6, 6.07) is 7.37. The van der Waals surface area contributed by atoms with Gasteiger partial charge in [-0.15, -0.1) is 11.3 Å². The van der Waals surface area contributed by atoms with E-state index < -0.39 is 41.2 Å². The van der Waals surface area contributed by atoms with Crippen molar-refractivity contribution in [1.82, 2.24) is 4.90 Å². The number of thiophene rings is 1. The molecule has 0 radical (unpaired) electrons. The number of halogens is 1. The summed E-state index contributed by atoms with van der Waals surface area (Å²) in [5.41, 5.74) is -1.55. The van der Waals surface area contributed by atoms with Crippen LogP contribution in [0.5, 0.6) is 0 Å². The van der Waals surface area contributed by atoms with Crippen LogP contribution >= 0.6 is 11.3 Å². The van der Waals surface area contributed by atoms with Gasteiger partial charge in [0.2, 0.25) is 0 Å². The molecule has 0 bridgehead atoms. The quantitative estimate of drug-likeness (QED) is 0.737. The van der Waals surface area contributed by atoms with Crippen LogP contribution in [0, 0.1) is 17.7 Å². The molecule has 2 heterocycles. The van der Waals surface area contributed by atoms with E-state index in [4.69, 9.17) is 0 Å². The van der Waals surface area contributed by atoms with Crippen molar-refractivity contribution >= 4 is 29.2 Å². The SMILES string of the molecule is CC(C)CC1(C(=O)O)CC(C(=O)O)C(c2cccs2)N1C(=O)c1ccc(F)cc1. The van der Waals surface area contributed by atoms with Crippen LogP contribution in [-0.4, -0.2) is 38.5 Å². The maximum Gasteiger partial charge on any atom is 0.329 e. The number of nitrogens with zero attached hydrogens (tertiary/aromatic N) is 1. The van der Waals surface area contributed by atoms with Crippen molar-refractivity contribution in [2.45, 2.75) is 38.3 Å². The molecule has 154 valence electrons. The number of hydrogen-bond donors (Lipinski definition) is 2. The fourth-order valence-electron chi connectivity index (χ4n) is 4.21. The Morgan fingerprint density at radius 2 is 1.86 bits per heavy atom. The Labute approximate surface area is 171 Å². The van der Waals surface area contributed by atoms with Crippen LogP contribution in [0.2, 0.25) is 0 Å². The number of amides is 1. The summed E-state index contributed by atoms with van der Waals surface area (Å²) in [5.74, 6) is -4.67. The summed E-state index contributed by atoms with van der Waals surface area (Å²) in [6.45, 7) is 3.67. The van der Waals surface area contributed by atoms with Crippen molar-refractivity contribution in [3.63, 3.8) is 0 Å². The van der Waals surface area contributed by atoms with Crippen LogP contribution in [0.1, 0.15) is 48.0 Å². The molecular weight excluding hydrogens is 397 g/mol. The summed E-state index contributed by atoms with van der Waals surface area (Å²) in [4.78, 5) is 39.9. The summed E-state index contributed by atoms with van der Waals surface area (Å²) in [5, 5.41) is 21.8. The number of carboxylic acid groups (broad SMARTS) is 2. The van der Waals surface area contributed by atoms with Crippen molar-refractivity contribution in [1.29, 1.82) is 0 Å². The molecule has 6 nitrogen and oxygen atoms in total. The zero-order valence-electron chi connectivity index (χ0n) is 16.0. The van der Waals surface area contributed by atoms with Gasteiger partial charge in [-0.05, 0) is 54.5 Å². The van der Waals surface area contributed by atoms with Gasteiger partial charge in [-0.25, -0.2) is 9.18 Å². The highest BCUT2D eigenvalue weighted by atomic mass is 32.1. The van der Waals surface area contributed by atoms with E-state index in [1.807, 2.05) is 13.8 Å². The number of aliphatic carboxylic acids is 2. The van der Waals surface area contributed by atoms with Gasteiger partial charge in [0, 0.05) is 10.4 Å². The molecule has 1 aliphatic rings. The van der Waals surface area contributed by atoms with E-state index in [1.165, 1.54) is 28.4 Å². The van der Waals surface area contributed by atoms with Crippen molar-refractivity contribution in [3.8, 4) is 0 Å². The topological polar surface area (TPSA) is 94.9 Å². The first-order valence-electron chi connectivity index (χ1n) is 9.26. The fraction of sp³-hybridized carbons (Fsp3) is 0.381. The van der Waals surface area contributed by atoms with Gasteiger partial charge in [0.1, 0.15) is 11.4 Å². The van der Waals surface area contributed by atoms with E-state index >= 15 is 0 Å². The highest BCUT2D eigenvalue weighted by Crippen LogP contribution is 2.51. The predicted molar refractivity (Wildman–Crippen MR) is 105 cm³/mol. The Kier molecular flexibility index (Phi) is 5.75. The molecule has 0 spiro atoms. The largest absolute Gasteiger partial charge is 0.481 e. The van der Waals surface area contributed by atoms with Gasteiger partial charge < -0.3 is 15.1 Å². The molecule has 2 aromatic rings.